The summed E-state index contributed by atoms with van der Waals surface area (Å²) in [4.78, 5) is 14.8. The molecule has 1 N–H and O–H groups in total. The number of hydrogen-bond donors (Lipinski definition) is 1. The molecule has 3 aromatic carbocycles. The number of nitrogens with one attached hydrogen (secondary N) is 1. The minimum Gasteiger partial charge on any atom is -0.321 e. The van der Waals surface area contributed by atoms with Gasteiger partial charge in [-0.05, 0) is 59.8 Å². The molecule has 0 radical (unpaired) electrons. The molecule has 2 nitrogen and oxygen atoms in total. The standard InChI is InChI=1S/C22H20ClNOS2/c1-2-26-21-6-4-3-5-20(21)24-22(25)17-9-7-16(8-10-17)15-27-19-13-11-18(23)12-14-19/h3-14H,2,15H2,1H3,(H,24,25). The summed E-state index contributed by atoms with van der Waals surface area (Å²) in [5.41, 5.74) is 2.69. The first-order chi connectivity index (χ1) is 13.2. The number of hydrogen-bond acceptors (Lipinski definition) is 3. The van der Waals surface area contributed by atoms with Crippen LogP contribution in [0.5, 0.6) is 0 Å². The highest BCUT2D eigenvalue weighted by Crippen LogP contribution is 2.27. The average molecular weight is 414 g/mol. The molecule has 5 heteroatoms. The van der Waals surface area contributed by atoms with Crippen molar-refractivity contribution in [2.24, 2.45) is 0 Å². The van der Waals surface area contributed by atoms with E-state index in [1.165, 1.54) is 10.5 Å². The van der Waals surface area contributed by atoms with Gasteiger partial charge in [0.15, 0.2) is 0 Å². The zero-order valence-corrected chi connectivity index (χ0v) is 17.3. The fourth-order valence-electron chi connectivity index (χ4n) is 2.50. The van der Waals surface area contributed by atoms with Crippen molar-refractivity contribution in [3.8, 4) is 0 Å². The van der Waals surface area contributed by atoms with Gasteiger partial charge in [-0.2, -0.15) is 0 Å². The minimum atomic E-state index is -0.0870. The van der Waals surface area contributed by atoms with Crippen LogP contribution in [0.1, 0.15) is 22.8 Å². The summed E-state index contributed by atoms with van der Waals surface area (Å²) in [5.74, 6) is 1.72. The predicted molar refractivity (Wildman–Crippen MR) is 118 cm³/mol. The van der Waals surface area contributed by atoms with Crippen LogP contribution >= 0.6 is 35.1 Å². The Bertz CT molecular complexity index is 895. The van der Waals surface area contributed by atoms with E-state index < -0.39 is 0 Å². The van der Waals surface area contributed by atoms with Gasteiger partial charge in [-0.15, -0.1) is 23.5 Å². The van der Waals surface area contributed by atoms with Crippen molar-refractivity contribution in [1.29, 1.82) is 0 Å². The van der Waals surface area contributed by atoms with Crippen LogP contribution < -0.4 is 5.32 Å². The Morgan fingerprint density at radius 2 is 1.63 bits per heavy atom. The second-order valence-electron chi connectivity index (χ2n) is 5.82. The topological polar surface area (TPSA) is 29.1 Å². The Balaban J connectivity index is 1.61. The molecular formula is C22H20ClNOS2. The van der Waals surface area contributed by atoms with Crippen LogP contribution in [-0.4, -0.2) is 11.7 Å². The Labute approximate surface area is 173 Å². The zero-order valence-electron chi connectivity index (χ0n) is 14.9. The molecule has 0 aliphatic heterocycles. The summed E-state index contributed by atoms with van der Waals surface area (Å²) in [6.45, 7) is 2.10. The maximum Gasteiger partial charge on any atom is 0.255 e. The molecule has 0 aliphatic carbocycles. The van der Waals surface area contributed by atoms with Gasteiger partial charge in [0.25, 0.3) is 5.91 Å². The maximum atomic E-state index is 12.6. The summed E-state index contributed by atoms with van der Waals surface area (Å²) >= 11 is 9.38. The molecule has 0 atom stereocenters. The molecule has 138 valence electrons. The third-order valence-corrected chi connectivity index (χ3v) is 6.16. The van der Waals surface area contributed by atoms with E-state index in [1.54, 1.807) is 23.5 Å². The van der Waals surface area contributed by atoms with Gasteiger partial charge in [0, 0.05) is 26.1 Å². The lowest BCUT2D eigenvalue weighted by molar-refractivity contribution is 0.102. The van der Waals surface area contributed by atoms with Gasteiger partial charge < -0.3 is 5.32 Å². The van der Waals surface area contributed by atoms with E-state index in [1.807, 2.05) is 72.8 Å². The lowest BCUT2D eigenvalue weighted by atomic mass is 10.1. The molecular weight excluding hydrogens is 394 g/mol. The lowest BCUT2D eigenvalue weighted by Gasteiger charge is -2.10. The quantitative estimate of drug-likeness (QED) is 0.423. The van der Waals surface area contributed by atoms with Crippen molar-refractivity contribution >= 4 is 46.7 Å². The van der Waals surface area contributed by atoms with E-state index in [0.29, 0.717) is 5.56 Å². The van der Waals surface area contributed by atoms with Crippen molar-refractivity contribution in [2.45, 2.75) is 22.5 Å². The Kier molecular flexibility index (Phi) is 7.27. The van der Waals surface area contributed by atoms with Crippen LogP contribution in [0.25, 0.3) is 0 Å². The Morgan fingerprint density at radius 1 is 0.926 bits per heavy atom. The van der Waals surface area contributed by atoms with Gasteiger partial charge in [-0.25, -0.2) is 0 Å². The zero-order chi connectivity index (χ0) is 19.1. The van der Waals surface area contributed by atoms with Crippen molar-refractivity contribution in [2.75, 3.05) is 11.1 Å². The first kappa shape index (κ1) is 19.9. The summed E-state index contributed by atoms with van der Waals surface area (Å²) < 4.78 is 0. The maximum absolute atomic E-state index is 12.6. The summed E-state index contributed by atoms with van der Waals surface area (Å²) in [6.07, 6.45) is 0. The minimum absolute atomic E-state index is 0.0870. The van der Waals surface area contributed by atoms with Crippen LogP contribution in [0.3, 0.4) is 0 Å². The van der Waals surface area contributed by atoms with Gasteiger partial charge in [0.2, 0.25) is 0 Å². The molecule has 1 amide bonds. The van der Waals surface area contributed by atoms with Gasteiger partial charge >= 0.3 is 0 Å². The van der Waals surface area contributed by atoms with Crippen LogP contribution in [0, 0.1) is 0 Å². The lowest BCUT2D eigenvalue weighted by Crippen LogP contribution is -2.12. The number of thioether (sulfide) groups is 2. The van der Waals surface area contributed by atoms with E-state index >= 15 is 0 Å². The van der Waals surface area contributed by atoms with Crippen LogP contribution in [0.2, 0.25) is 5.02 Å². The van der Waals surface area contributed by atoms with E-state index in [4.69, 9.17) is 11.6 Å². The molecule has 3 rings (SSSR count). The SMILES string of the molecule is CCSc1ccccc1NC(=O)c1ccc(CSc2ccc(Cl)cc2)cc1. The summed E-state index contributed by atoms with van der Waals surface area (Å²) in [6, 6.07) is 23.5. The monoisotopic (exact) mass is 413 g/mol. The molecule has 0 fully saturated rings. The normalized spacial score (nSPS) is 10.6. The Morgan fingerprint density at radius 3 is 2.33 bits per heavy atom. The van der Waals surface area contributed by atoms with Gasteiger partial charge in [0.1, 0.15) is 0 Å². The number of amides is 1. The van der Waals surface area contributed by atoms with E-state index in [9.17, 15) is 4.79 Å². The van der Waals surface area contributed by atoms with Gasteiger partial charge in [-0.1, -0.05) is 42.8 Å². The third kappa shape index (κ3) is 5.80. The van der Waals surface area contributed by atoms with Crippen molar-refractivity contribution in [3.05, 3.63) is 88.9 Å². The highest BCUT2D eigenvalue weighted by atomic mass is 35.5. The molecule has 0 aromatic heterocycles. The number of rotatable bonds is 7. The first-order valence-corrected chi connectivity index (χ1v) is 11.0. The molecule has 0 saturated carbocycles. The van der Waals surface area contributed by atoms with Gasteiger partial charge in [0.05, 0.1) is 5.69 Å². The number of benzene rings is 3. The molecule has 27 heavy (non-hydrogen) atoms. The number of halogens is 1. The number of para-hydroxylation sites is 1. The second-order valence-corrected chi connectivity index (χ2v) is 8.61. The molecule has 0 spiro atoms. The van der Waals surface area contributed by atoms with Crippen molar-refractivity contribution < 1.29 is 4.79 Å². The molecule has 0 aliphatic rings. The molecule has 0 unspecified atom stereocenters. The third-order valence-electron chi connectivity index (χ3n) is 3.87. The van der Waals surface area contributed by atoms with Gasteiger partial charge in [-0.3, -0.25) is 4.79 Å². The fraction of sp³-hybridized carbons (Fsp3) is 0.136. The number of carbonyl (C=O) groups is 1. The van der Waals surface area contributed by atoms with Crippen LogP contribution in [0.15, 0.2) is 82.6 Å². The van der Waals surface area contributed by atoms with E-state index in [2.05, 4.69) is 12.2 Å². The number of anilines is 1. The molecule has 0 heterocycles. The Hall–Kier alpha value is -1.88. The van der Waals surface area contributed by atoms with E-state index in [0.717, 1.165) is 27.1 Å². The average Bonchev–Trinajstić information content (AvgIpc) is 2.69. The second kappa shape index (κ2) is 9.88. The largest absolute Gasteiger partial charge is 0.321 e. The summed E-state index contributed by atoms with van der Waals surface area (Å²) in [7, 11) is 0. The van der Waals surface area contributed by atoms with Crippen LogP contribution in [0.4, 0.5) is 5.69 Å². The first-order valence-electron chi connectivity index (χ1n) is 8.66. The number of carbonyl (C=O) groups excluding carboxylic acids is 1. The molecule has 3 aromatic rings. The highest BCUT2D eigenvalue weighted by Gasteiger charge is 2.09. The highest BCUT2D eigenvalue weighted by molar-refractivity contribution is 7.99. The van der Waals surface area contributed by atoms with Crippen molar-refractivity contribution in [1.82, 2.24) is 0 Å². The summed E-state index contributed by atoms with van der Waals surface area (Å²) in [5, 5.41) is 3.76. The predicted octanol–water partition coefficient (Wildman–Crippen LogP) is 7.00. The molecule has 0 bridgehead atoms. The fourth-order valence-corrected chi connectivity index (χ4v) is 4.24. The van der Waals surface area contributed by atoms with Crippen LogP contribution in [-0.2, 0) is 5.75 Å². The van der Waals surface area contributed by atoms with Crippen molar-refractivity contribution in [3.63, 3.8) is 0 Å². The smallest absolute Gasteiger partial charge is 0.255 e. The van der Waals surface area contributed by atoms with E-state index in [-0.39, 0.29) is 5.91 Å². The molecule has 0 saturated heterocycles.